The molecule has 4 rings (SSSR count). The maximum absolute atomic E-state index is 13.2. The highest BCUT2D eigenvalue weighted by Crippen LogP contribution is 2.35. The molecule has 2 fully saturated rings. The number of anilines is 2. The molecular formula is C27H33N3O3. The van der Waals surface area contributed by atoms with Crippen LogP contribution in [-0.4, -0.2) is 30.2 Å². The first-order valence-corrected chi connectivity index (χ1v) is 11.9. The number of aliphatic carboxylic acids is 1. The normalized spacial score (nSPS) is 16.8. The van der Waals surface area contributed by atoms with E-state index in [9.17, 15) is 9.59 Å². The van der Waals surface area contributed by atoms with Gasteiger partial charge in [0.15, 0.2) is 0 Å². The van der Waals surface area contributed by atoms with Crippen molar-refractivity contribution in [1.82, 2.24) is 5.32 Å². The van der Waals surface area contributed by atoms with Gasteiger partial charge in [-0.3, -0.25) is 14.6 Å². The molecule has 0 aromatic heterocycles. The molecule has 33 heavy (non-hydrogen) atoms. The van der Waals surface area contributed by atoms with Gasteiger partial charge < -0.3 is 10.4 Å². The molecule has 1 saturated carbocycles. The zero-order chi connectivity index (χ0) is 23.2. The topological polar surface area (TPSA) is 72.9 Å². The number of carboxylic acid groups (broad SMARTS) is 1. The Kier molecular flexibility index (Phi) is 7.33. The number of urea groups is 1. The highest BCUT2D eigenvalue weighted by molar-refractivity contribution is 6.06. The van der Waals surface area contributed by atoms with Crippen molar-refractivity contribution in [3.05, 3.63) is 71.9 Å². The van der Waals surface area contributed by atoms with Gasteiger partial charge in [-0.2, -0.15) is 0 Å². The molecule has 2 aromatic rings. The fraction of sp³-hybridized carbons (Fsp3) is 0.407. The monoisotopic (exact) mass is 447 g/mol. The number of benzene rings is 2. The second-order valence-corrected chi connectivity index (χ2v) is 9.03. The van der Waals surface area contributed by atoms with Crippen molar-refractivity contribution in [3.63, 3.8) is 0 Å². The number of hydrogen-bond acceptors (Lipinski definition) is 3. The second-order valence-electron chi connectivity index (χ2n) is 9.03. The number of nitrogens with one attached hydrogen (secondary N) is 1. The van der Waals surface area contributed by atoms with E-state index in [2.05, 4.69) is 30.1 Å². The Labute approximate surface area is 195 Å². The van der Waals surface area contributed by atoms with Crippen molar-refractivity contribution in [2.75, 3.05) is 22.9 Å². The third-order valence-corrected chi connectivity index (χ3v) is 6.70. The molecule has 174 valence electrons. The van der Waals surface area contributed by atoms with Gasteiger partial charge in [-0.1, -0.05) is 50.1 Å². The highest BCUT2D eigenvalue weighted by Gasteiger charge is 2.31. The van der Waals surface area contributed by atoms with E-state index < -0.39 is 5.97 Å². The fourth-order valence-corrected chi connectivity index (χ4v) is 4.77. The first-order chi connectivity index (χ1) is 16.0. The van der Waals surface area contributed by atoms with Gasteiger partial charge >= 0.3 is 12.0 Å². The zero-order valence-corrected chi connectivity index (χ0v) is 19.1. The molecule has 6 nitrogen and oxygen atoms in total. The van der Waals surface area contributed by atoms with E-state index in [1.807, 2.05) is 40.1 Å². The maximum atomic E-state index is 13.2. The summed E-state index contributed by atoms with van der Waals surface area (Å²) in [5.74, 6) is -0.207. The summed E-state index contributed by atoms with van der Waals surface area (Å²) in [5, 5.41) is 11.9. The van der Waals surface area contributed by atoms with Gasteiger partial charge in [-0.15, -0.1) is 0 Å². The van der Waals surface area contributed by atoms with Gasteiger partial charge in [0.2, 0.25) is 0 Å². The average Bonchev–Trinajstić information content (AvgIpc) is 3.23. The molecule has 1 heterocycles. The van der Waals surface area contributed by atoms with Crippen molar-refractivity contribution in [2.24, 2.45) is 0 Å². The van der Waals surface area contributed by atoms with Gasteiger partial charge in [0, 0.05) is 36.7 Å². The molecule has 0 atom stereocenters. The van der Waals surface area contributed by atoms with E-state index in [1.54, 1.807) is 0 Å². The molecule has 1 saturated heterocycles. The van der Waals surface area contributed by atoms with Crippen molar-refractivity contribution < 1.29 is 14.7 Å². The second kappa shape index (κ2) is 10.6. The summed E-state index contributed by atoms with van der Waals surface area (Å²) in [6, 6.07) is 16.5. The van der Waals surface area contributed by atoms with Crippen LogP contribution in [0.2, 0.25) is 0 Å². The SMILES string of the molecule is C=C(CCC(=O)O)NCc1ccc(N2CCN(c3cccc(C4CCCCC4)c3)C2=O)cc1. The Morgan fingerprint density at radius 2 is 1.67 bits per heavy atom. The van der Waals surface area contributed by atoms with Crippen LogP contribution in [0.4, 0.5) is 16.2 Å². The molecule has 2 aliphatic rings. The van der Waals surface area contributed by atoms with Crippen LogP contribution < -0.4 is 15.1 Å². The molecule has 2 N–H and O–H groups in total. The number of allylic oxidation sites excluding steroid dienone is 1. The first-order valence-electron chi connectivity index (χ1n) is 11.9. The summed E-state index contributed by atoms with van der Waals surface area (Å²) < 4.78 is 0. The standard InChI is InChI=1S/C27H33N3O3/c1-20(10-15-26(31)32)28-19-21-11-13-24(14-12-21)29-16-17-30(27(29)33)25-9-5-8-23(18-25)22-6-3-2-4-7-22/h5,8-9,11-14,18,22,28H,1-4,6-7,10,15-17,19H2,(H,31,32). The smallest absolute Gasteiger partial charge is 0.329 e. The Balaban J connectivity index is 1.36. The fourth-order valence-electron chi connectivity index (χ4n) is 4.77. The summed E-state index contributed by atoms with van der Waals surface area (Å²) in [4.78, 5) is 27.6. The van der Waals surface area contributed by atoms with Crippen LogP contribution >= 0.6 is 0 Å². The summed E-state index contributed by atoms with van der Waals surface area (Å²) >= 11 is 0. The summed E-state index contributed by atoms with van der Waals surface area (Å²) in [7, 11) is 0. The number of hydrogen-bond donors (Lipinski definition) is 2. The van der Waals surface area contributed by atoms with Gasteiger partial charge in [-0.05, 0) is 60.6 Å². The van der Waals surface area contributed by atoms with Crippen LogP contribution in [0, 0.1) is 0 Å². The minimum Gasteiger partial charge on any atom is -0.481 e. The van der Waals surface area contributed by atoms with E-state index >= 15 is 0 Å². The Morgan fingerprint density at radius 3 is 2.36 bits per heavy atom. The lowest BCUT2D eigenvalue weighted by Gasteiger charge is -2.24. The lowest BCUT2D eigenvalue weighted by atomic mass is 9.84. The van der Waals surface area contributed by atoms with Gasteiger partial charge in [0.25, 0.3) is 0 Å². The van der Waals surface area contributed by atoms with Gasteiger partial charge in [0.05, 0.1) is 6.42 Å². The summed E-state index contributed by atoms with van der Waals surface area (Å²) in [5.41, 5.74) is 5.01. The van der Waals surface area contributed by atoms with Crippen LogP contribution in [0.25, 0.3) is 0 Å². The van der Waals surface area contributed by atoms with Crippen LogP contribution in [-0.2, 0) is 11.3 Å². The van der Waals surface area contributed by atoms with E-state index in [-0.39, 0.29) is 12.5 Å². The number of amides is 2. The van der Waals surface area contributed by atoms with E-state index in [0.29, 0.717) is 37.7 Å². The lowest BCUT2D eigenvalue weighted by molar-refractivity contribution is -0.136. The molecule has 0 unspecified atom stereocenters. The van der Waals surface area contributed by atoms with Crippen LogP contribution in [0.3, 0.4) is 0 Å². The molecule has 2 amide bonds. The van der Waals surface area contributed by atoms with Crippen LogP contribution in [0.1, 0.15) is 62.0 Å². The number of rotatable bonds is 9. The molecule has 2 aromatic carbocycles. The number of carboxylic acids is 1. The Hall–Kier alpha value is -3.28. The predicted octanol–water partition coefficient (Wildman–Crippen LogP) is 5.65. The quantitative estimate of drug-likeness (QED) is 0.521. The zero-order valence-electron chi connectivity index (χ0n) is 19.1. The van der Waals surface area contributed by atoms with Gasteiger partial charge in [-0.25, -0.2) is 4.79 Å². The van der Waals surface area contributed by atoms with Crippen molar-refractivity contribution in [1.29, 1.82) is 0 Å². The third kappa shape index (κ3) is 5.75. The average molecular weight is 448 g/mol. The van der Waals surface area contributed by atoms with Crippen molar-refractivity contribution >= 4 is 23.4 Å². The molecular weight excluding hydrogens is 414 g/mol. The van der Waals surface area contributed by atoms with E-state index in [0.717, 1.165) is 16.9 Å². The van der Waals surface area contributed by atoms with Crippen LogP contribution in [0.15, 0.2) is 60.8 Å². The third-order valence-electron chi connectivity index (χ3n) is 6.70. The number of nitrogens with zero attached hydrogens (tertiary/aromatic N) is 2. The molecule has 0 bridgehead atoms. The molecule has 0 spiro atoms. The minimum atomic E-state index is -0.827. The largest absolute Gasteiger partial charge is 0.481 e. The molecule has 1 aliphatic carbocycles. The van der Waals surface area contributed by atoms with Crippen molar-refractivity contribution in [2.45, 2.75) is 57.4 Å². The summed E-state index contributed by atoms with van der Waals surface area (Å²) in [6.07, 6.45) is 6.91. The van der Waals surface area contributed by atoms with Crippen molar-refractivity contribution in [3.8, 4) is 0 Å². The highest BCUT2D eigenvalue weighted by atomic mass is 16.4. The van der Waals surface area contributed by atoms with E-state index in [1.165, 1.54) is 37.7 Å². The minimum absolute atomic E-state index is 0.0173. The Bertz CT molecular complexity index is 996. The van der Waals surface area contributed by atoms with E-state index in [4.69, 9.17) is 5.11 Å². The molecule has 6 heteroatoms. The summed E-state index contributed by atoms with van der Waals surface area (Å²) in [6.45, 7) is 5.79. The lowest BCUT2D eigenvalue weighted by Crippen LogP contribution is -2.31. The molecule has 0 radical (unpaired) electrons. The Morgan fingerprint density at radius 1 is 0.970 bits per heavy atom. The van der Waals surface area contributed by atoms with Gasteiger partial charge in [0.1, 0.15) is 0 Å². The van der Waals surface area contributed by atoms with Crippen LogP contribution in [0.5, 0.6) is 0 Å². The number of carbonyl (C=O) groups excluding carboxylic acids is 1. The molecule has 1 aliphatic heterocycles. The number of carbonyl (C=O) groups is 2. The maximum Gasteiger partial charge on any atom is 0.329 e. The predicted molar refractivity (Wildman–Crippen MR) is 132 cm³/mol. The first kappa shape index (κ1) is 22.9.